The molecule has 0 atom stereocenters. The largest absolute Gasteiger partial charge is 0.524 e. The summed E-state index contributed by atoms with van der Waals surface area (Å²) in [4.78, 5) is 17.6. The lowest BCUT2D eigenvalue weighted by molar-refractivity contribution is 0.283. The average Bonchev–Trinajstić information content (AvgIpc) is 2.46. The van der Waals surface area contributed by atoms with E-state index >= 15 is 0 Å². The minimum atomic E-state index is -4.51. The third-order valence-corrected chi connectivity index (χ3v) is 3.63. The number of rotatable bonds is 3. The Hall–Kier alpha value is -2.13. The molecule has 5 heteroatoms. The third-order valence-electron chi connectivity index (χ3n) is 3.18. The van der Waals surface area contributed by atoms with Crippen molar-refractivity contribution in [3.8, 4) is 16.9 Å². The van der Waals surface area contributed by atoms with E-state index in [0.717, 1.165) is 21.9 Å². The van der Waals surface area contributed by atoms with E-state index in [0.29, 0.717) is 0 Å². The van der Waals surface area contributed by atoms with Crippen molar-refractivity contribution in [3.63, 3.8) is 0 Å². The first-order chi connectivity index (χ1) is 10.0. The lowest BCUT2D eigenvalue weighted by atomic mass is 9.98. The second-order valence-electron chi connectivity index (χ2n) is 4.63. The second-order valence-corrected chi connectivity index (χ2v) is 5.80. The van der Waals surface area contributed by atoms with Crippen molar-refractivity contribution in [1.82, 2.24) is 0 Å². The molecule has 0 bridgehead atoms. The minimum absolute atomic E-state index is 0.146. The summed E-state index contributed by atoms with van der Waals surface area (Å²) in [7, 11) is -4.51. The Morgan fingerprint density at radius 3 is 2.19 bits per heavy atom. The molecule has 2 N–H and O–H groups in total. The highest BCUT2D eigenvalue weighted by molar-refractivity contribution is 7.46. The molecule has 0 aromatic heterocycles. The minimum Gasteiger partial charge on any atom is -0.404 e. The summed E-state index contributed by atoms with van der Waals surface area (Å²) >= 11 is 0. The molecule has 0 aliphatic carbocycles. The van der Waals surface area contributed by atoms with Crippen LogP contribution in [0.4, 0.5) is 0 Å². The van der Waals surface area contributed by atoms with Gasteiger partial charge in [-0.3, -0.25) is 9.79 Å². The molecule has 3 aromatic carbocycles. The molecule has 0 amide bonds. The van der Waals surface area contributed by atoms with Gasteiger partial charge in [-0.15, -0.1) is 0 Å². The number of phosphoric ester groups is 1. The Balaban J connectivity index is 2.02. The van der Waals surface area contributed by atoms with Gasteiger partial charge >= 0.3 is 7.82 Å². The highest BCUT2D eigenvalue weighted by Gasteiger charge is 2.15. The fourth-order valence-corrected chi connectivity index (χ4v) is 2.71. The van der Waals surface area contributed by atoms with Gasteiger partial charge in [0.25, 0.3) is 0 Å². The molecule has 0 saturated heterocycles. The van der Waals surface area contributed by atoms with Crippen LogP contribution >= 0.6 is 7.82 Å². The van der Waals surface area contributed by atoms with E-state index < -0.39 is 7.82 Å². The molecule has 0 fully saturated rings. The number of benzene rings is 3. The zero-order valence-electron chi connectivity index (χ0n) is 11.0. The Morgan fingerprint density at radius 2 is 1.48 bits per heavy atom. The molecular weight excluding hydrogens is 287 g/mol. The van der Waals surface area contributed by atoms with Gasteiger partial charge in [-0.2, -0.15) is 0 Å². The molecular formula is C16H13O4P. The smallest absolute Gasteiger partial charge is 0.404 e. The van der Waals surface area contributed by atoms with Crippen LogP contribution in [-0.2, 0) is 4.57 Å². The molecule has 3 aromatic rings. The monoisotopic (exact) mass is 300 g/mol. The molecule has 0 saturated carbocycles. The molecule has 106 valence electrons. The van der Waals surface area contributed by atoms with Crippen LogP contribution < -0.4 is 4.52 Å². The van der Waals surface area contributed by atoms with Gasteiger partial charge in [0.05, 0.1) is 0 Å². The van der Waals surface area contributed by atoms with Crippen molar-refractivity contribution in [2.45, 2.75) is 0 Å². The van der Waals surface area contributed by atoms with Crippen LogP contribution in [0.25, 0.3) is 21.9 Å². The lowest BCUT2D eigenvalue weighted by Crippen LogP contribution is -1.90. The summed E-state index contributed by atoms with van der Waals surface area (Å²) in [6.07, 6.45) is 0. The van der Waals surface area contributed by atoms with E-state index in [4.69, 9.17) is 9.79 Å². The molecule has 0 unspecified atom stereocenters. The summed E-state index contributed by atoms with van der Waals surface area (Å²) in [5.74, 6) is 0.146. The predicted molar refractivity (Wildman–Crippen MR) is 82.1 cm³/mol. The van der Waals surface area contributed by atoms with Gasteiger partial charge < -0.3 is 4.52 Å². The van der Waals surface area contributed by atoms with Crippen molar-refractivity contribution in [2.24, 2.45) is 0 Å². The molecule has 3 rings (SSSR count). The molecule has 0 heterocycles. The van der Waals surface area contributed by atoms with E-state index in [1.54, 1.807) is 24.3 Å². The van der Waals surface area contributed by atoms with E-state index in [2.05, 4.69) is 4.52 Å². The molecule has 4 nitrogen and oxygen atoms in total. The van der Waals surface area contributed by atoms with Crippen molar-refractivity contribution in [1.29, 1.82) is 0 Å². The van der Waals surface area contributed by atoms with E-state index in [1.165, 1.54) is 0 Å². The van der Waals surface area contributed by atoms with Gasteiger partial charge in [-0.25, -0.2) is 4.57 Å². The topological polar surface area (TPSA) is 66.8 Å². The normalized spacial score (nSPS) is 11.5. The zero-order chi connectivity index (χ0) is 14.9. The maximum atomic E-state index is 10.8. The fraction of sp³-hybridized carbons (Fsp3) is 0. The molecule has 0 spiro atoms. The molecule has 21 heavy (non-hydrogen) atoms. The number of fused-ring (bicyclic) bond motifs is 1. The van der Waals surface area contributed by atoms with Crippen LogP contribution in [0.1, 0.15) is 0 Å². The van der Waals surface area contributed by atoms with E-state index in [9.17, 15) is 4.57 Å². The van der Waals surface area contributed by atoms with Crippen LogP contribution in [0.5, 0.6) is 5.75 Å². The second kappa shape index (κ2) is 5.34. The summed E-state index contributed by atoms with van der Waals surface area (Å²) in [6.45, 7) is 0. The fourth-order valence-electron chi connectivity index (χ4n) is 2.31. The molecule has 0 radical (unpaired) electrons. The van der Waals surface area contributed by atoms with E-state index in [-0.39, 0.29) is 5.75 Å². The van der Waals surface area contributed by atoms with Crippen molar-refractivity contribution in [3.05, 3.63) is 66.7 Å². The zero-order valence-corrected chi connectivity index (χ0v) is 11.9. The van der Waals surface area contributed by atoms with Gasteiger partial charge in [-0.1, -0.05) is 54.6 Å². The third kappa shape index (κ3) is 3.14. The van der Waals surface area contributed by atoms with Crippen LogP contribution in [0.15, 0.2) is 66.7 Å². The van der Waals surface area contributed by atoms with Crippen LogP contribution in [0.3, 0.4) is 0 Å². The first kappa shape index (κ1) is 13.8. The van der Waals surface area contributed by atoms with Gasteiger partial charge in [0.15, 0.2) is 0 Å². The van der Waals surface area contributed by atoms with E-state index in [1.807, 2.05) is 42.5 Å². The Labute approximate surface area is 121 Å². The quantitative estimate of drug-likeness (QED) is 0.718. The summed E-state index contributed by atoms with van der Waals surface area (Å²) < 4.78 is 15.3. The standard InChI is InChI=1S/C16H13O4P/c17-21(18,19)20-14-10-8-13(9-11-14)16-7-3-5-12-4-1-2-6-15(12)16/h1-11H,(H2,17,18,19). The van der Waals surface area contributed by atoms with Crippen molar-refractivity contribution < 1.29 is 18.9 Å². The van der Waals surface area contributed by atoms with Crippen LogP contribution in [0, 0.1) is 0 Å². The highest BCUT2D eigenvalue weighted by Crippen LogP contribution is 2.38. The maximum absolute atomic E-state index is 10.8. The van der Waals surface area contributed by atoms with Gasteiger partial charge in [0.2, 0.25) is 0 Å². The lowest BCUT2D eigenvalue weighted by Gasteiger charge is -2.09. The van der Waals surface area contributed by atoms with Crippen LogP contribution in [0.2, 0.25) is 0 Å². The summed E-state index contributed by atoms with van der Waals surface area (Å²) in [5, 5.41) is 2.27. The molecule has 0 aliphatic rings. The Bertz CT molecular complexity index is 816. The van der Waals surface area contributed by atoms with Crippen LogP contribution in [-0.4, -0.2) is 9.79 Å². The Morgan fingerprint density at radius 1 is 0.810 bits per heavy atom. The predicted octanol–water partition coefficient (Wildman–Crippen LogP) is 3.98. The number of hydrogen-bond donors (Lipinski definition) is 2. The highest BCUT2D eigenvalue weighted by atomic mass is 31.2. The number of hydrogen-bond acceptors (Lipinski definition) is 2. The van der Waals surface area contributed by atoms with Gasteiger partial charge in [0, 0.05) is 0 Å². The molecule has 0 aliphatic heterocycles. The van der Waals surface area contributed by atoms with Crippen molar-refractivity contribution >= 4 is 18.6 Å². The maximum Gasteiger partial charge on any atom is 0.524 e. The Kier molecular flexibility index (Phi) is 3.52. The van der Waals surface area contributed by atoms with Crippen molar-refractivity contribution in [2.75, 3.05) is 0 Å². The first-order valence-corrected chi connectivity index (χ1v) is 7.89. The first-order valence-electron chi connectivity index (χ1n) is 6.36. The SMILES string of the molecule is O=P(O)(O)Oc1ccc(-c2cccc3ccccc23)cc1. The van der Waals surface area contributed by atoms with Gasteiger partial charge in [-0.05, 0) is 34.0 Å². The number of phosphoric acid groups is 1. The van der Waals surface area contributed by atoms with Gasteiger partial charge in [0.1, 0.15) is 5.75 Å². The average molecular weight is 300 g/mol. The summed E-state index contributed by atoms with van der Waals surface area (Å²) in [6, 6.07) is 20.8. The summed E-state index contributed by atoms with van der Waals surface area (Å²) in [5.41, 5.74) is 2.03.